The maximum atomic E-state index is 5.53. The summed E-state index contributed by atoms with van der Waals surface area (Å²) >= 11 is 0. The molecule has 1 spiro atoms. The van der Waals surface area contributed by atoms with E-state index < -0.39 is 5.41 Å². The zero-order chi connectivity index (χ0) is 30.9. The molecule has 4 aliphatic heterocycles. The lowest BCUT2D eigenvalue weighted by Gasteiger charge is -2.62. The van der Waals surface area contributed by atoms with Gasteiger partial charge in [-0.25, -0.2) is 15.0 Å². The fraction of sp³-hybridized carbons (Fsp3) is 0.237. The quantitative estimate of drug-likeness (QED) is 0.215. The summed E-state index contributed by atoms with van der Waals surface area (Å²) in [5.41, 5.74) is 6.11. The minimum atomic E-state index is -0.528. The molecule has 0 radical (unpaired) electrons. The molecule has 0 aliphatic carbocycles. The van der Waals surface area contributed by atoms with Gasteiger partial charge < -0.3 is 14.7 Å². The Hall–Kier alpha value is -5.17. The lowest BCUT2D eigenvalue weighted by atomic mass is 9.50. The normalized spacial score (nSPS) is 23.7. The topological polar surface area (TPSA) is 51.1 Å². The van der Waals surface area contributed by atoms with Crippen molar-refractivity contribution in [3.63, 3.8) is 0 Å². The molecule has 3 atom stereocenters. The summed E-state index contributed by atoms with van der Waals surface area (Å²) in [6, 6.07) is 28.5. The van der Waals surface area contributed by atoms with Crippen molar-refractivity contribution in [2.45, 2.75) is 49.9 Å². The molecule has 0 fully saturated rings. The molecule has 0 amide bonds. The van der Waals surface area contributed by atoms with Gasteiger partial charge in [-0.2, -0.15) is 5.10 Å². The first-order chi connectivity index (χ1) is 22.1. The Morgan fingerprint density at radius 2 is 1.42 bits per heavy atom. The van der Waals surface area contributed by atoms with Gasteiger partial charge in [-0.15, -0.1) is 0 Å². The number of aromatic nitrogens is 2. The van der Waals surface area contributed by atoms with E-state index >= 15 is 0 Å². The van der Waals surface area contributed by atoms with Gasteiger partial charge in [-0.05, 0) is 48.2 Å². The van der Waals surface area contributed by atoms with Crippen LogP contribution in [-0.4, -0.2) is 35.2 Å². The summed E-state index contributed by atoms with van der Waals surface area (Å²) in [5.74, 6) is 2.64. The molecule has 4 aromatic rings. The number of allylic oxidation sites excluding steroid dienone is 2. The second kappa shape index (κ2) is 9.92. The van der Waals surface area contributed by atoms with Crippen LogP contribution in [0.1, 0.15) is 37.8 Å². The fourth-order valence-corrected chi connectivity index (χ4v) is 9.04. The van der Waals surface area contributed by atoms with Crippen LogP contribution in [0.25, 0.3) is 0 Å². The summed E-state index contributed by atoms with van der Waals surface area (Å²) in [5, 5.41) is 7.82. The number of rotatable bonds is 6. The molecular formula is C38H37N7. The molecule has 0 saturated heterocycles. The van der Waals surface area contributed by atoms with Gasteiger partial charge in [0, 0.05) is 41.8 Å². The van der Waals surface area contributed by atoms with Crippen molar-refractivity contribution in [3.8, 4) is 0 Å². The first-order valence-corrected chi connectivity index (χ1v) is 15.8. The Morgan fingerprint density at radius 3 is 2.11 bits per heavy atom. The summed E-state index contributed by atoms with van der Waals surface area (Å²) in [7, 11) is 2.18. The monoisotopic (exact) mass is 591 g/mol. The first kappa shape index (κ1) is 27.4. The molecule has 0 N–H and O–H groups in total. The van der Waals surface area contributed by atoms with Crippen molar-refractivity contribution in [1.82, 2.24) is 9.97 Å². The fourth-order valence-electron chi connectivity index (χ4n) is 9.04. The van der Waals surface area contributed by atoms with Gasteiger partial charge in [0.25, 0.3) is 0 Å². The predicted molar refractivity (Wildman–Crippen MR) is 184 cm³/mol. The van der Waals surface area contributed by atoms with Crippen LogP contribution in [0, 0.1) is 0 Å². The third kappa shape index (κ3) is 3.22. The van der Waals surface area contributed by atoms with E-state index in [1.807, 2.05) is 24.4 Å². The van der Waals surface area contributed by atoms with Crippen molar-refractivity contribution < 1.29 is 0 Å². The van der Waals surface area contributed by atoms with Gasteiger partial charge in [0.05, 0.1) is 11.1 Å². The number of nitrogens with zero attached hydrogens (tertiary/aromatic N) is 7. The summed E-state index contributed by atoms with van der Waals surface area (Å²) in [4.78, 5) is 17.1. The van der Waals surface area contributed by atoms with Gasteiger partial charge in [-0.3, -0.25) is 0 Å². The van der Waals surface area contributed by atoms with Crippen LogP contribution >= 0.6 is 0 Å². The highest BCUT2D eigenvalue weighted by atomic mass is 15.6. The van der Waals surface area contributed by atoms with E-state index in [-0.39, 0.29) is 17.7 Å². The van der Waals surface area contributed by atoms with Gasteiger partial charge in [-0.1, -0.05) is 99.8 Å². The van der Waals surface area contributed by atoms with Gasteiger partial charge in [0.15, 0.2) is 17.5 Å². The smallest absolute Gasteiger partial charge is 0.178 e. The molecule has 7 nitrogen and oxygen atoms in total. The second-order valence-electron chi connectivity index (χ2n) is 12.2. The van der Waals surface area contributed by atoms with Gasteiger partial charge >= 0.3 is 0 Å². The average molecular weight is 592 g/mol. The number of hydrazone groups is 1. The van der Waals surface area contributed by atoms with Crippen LogP contribution in [0.3, 0.4) is 0 Å². The van der Waals surface area contributed by atoms with Crippen LogP contribution in [0.4, 0.5) is 28.7 Å². The summed E-state index contributed by atoms with van der Waals surface area (Å²) in [6.45, 7) is 13.0. The molecule has 8 rings (SSSR count). The summed E-state index contributed by atoms with van der Waals surface area (Å²) < 4.78 is 0. The number of anilines is 5. The molecule has 224 valence electrons. The number of hydrogen-bond donors (Lipinski definition) is 0. The number of hydrogen-bond acceptors (Lipinski definition) is 7. The number of amidine groups is 1. The molecule has 0 saturated carbocycles. The van der Waals surface area contributed by atoms with Crippen molar-refractivity contribution in [3.05, 3.63) is 139 Å². The van der Waals surface area contributed by atoms with E-state index in [9.17, 15) is 0 Å². The highest BCUT2D eigenvalue weighted by Crippen LogP contribution is 2.69. The number of para-hydroxylation sites is 3. The Kier molecular flexibility index (Phi) is 6.04. The van der Waals surface area contributed by atoms with E-state index in [0.717, 1.165) is 47.3 Å². The predicted octanol–water partition coefficient (Wildman–Crippen LogP) is 7.68. The standard InChI is InChI=1S/C38H37N7/c1-6-17-26(7-2)32-41-45-31-23-16-13-20-28(31)37(8-3,9-4)38(36(45)43(32)27-18-11-10-12-19-27)29-21-14-15-22-30(29)44-34-33(39-24-25-40-34)42(5)35(38)44/h6-7,10-25,35-36H,1-2,8-9H2,3-5H3/b26-17+. The number of likely N-dealkylation sites (N-methyl/N-ethyl adjacent to an activating group) is 1. The van der Waals surface area contributed by atoms with Crippen LogP contribution in [-0.2, 0) is 10.8 Å². The number of benzene rings is 3. The molecule has 0 bridgehead atoms. The summed E-state index contributed by atoms with van der Waals surface area (Å²) in [6.07, 6.45) is 10.8. The Morgan fingerprint density at radius 1 is 0.778 bits per heavy atom. The minimum Gasteiger partial charge on any atom is -0.335 e. The van der Waals surface area contributed by atoms with Crippen molar-refractivity contribution in [2.75, 3.05) is 26.8 Å². The molecule has 3 unspecified atom stereocenters. The van der Waals surface area contributed by atoms with Crippen molar-refractivity contribution in [1.29, 1.82) is 0 Å². The molecule has 4 aliphatic rings. The Bertz CT molecular complexity index is 1890. The van der Waals surface area contributed by atoms with Gasteiger partial charge in [0.2, 0.25) is 0 Å². The average Bonchev–Trinajstić information content (AvgIpc) is 3.73. The zero-order valence-corrected chi connectivity index (χ0v) is 26.0. The SMILES string of the molecule is C=C/C=C(\C=C)C1=NN2c3ccccc3C(CC)(CC)C3(c4ccccc4N4c5nccnc5N(C)C43)C2N1c1ccccc1. The van der Waals surface area contributed by atoms with Crippen molar-refractivity contribution in [2.24, 2.45) is 5.10 Å². The molecule has 5 heterocycles. The molecular weight excluding hydrogens is 554 g/mol. The maximum Gasteiger partial charge on any atom is 0.178 e. The molecule has 7 heteroatoms. The lowest BCUT2D eigenvalue weighted by Crippen LogP contribution is -2.74. The highest BCUT2D eigenvalue weighted by Gasteiger charge is 2.74. The minimum absolute atomic E-state index is 0.121. The molecule has 3 aromatic carbocycles. The van der Waals surface area contributed by atoms with Crippen LogP contribution < -0.4 is 19.7 Å². The van der Waals surface area contributed by atoms with Crippen LogP contribution in [0.15, 0.2) is 133 Å². The van der Waals surface area contributed by atoms with Crippen LogP contribution in [0.5, 0.6) is 0 Å². The molecule has 45 heavy (non-hydrogen) atoms. The third-order valence-electron chi connectivity index (χ3n) is 10.6. The van der Waals surface area contributed by atoms with Crippen LogP contribution in [0.2, 0.25) is 0 Å². The van der Waals surface area contributed by atoms with Crippen molar-refractivity contribution >= 4 is 34.5 Å². The Labute approximate surface area is 265 Å². The van der Waals surface area contributed by atoms with Gasteiger partial charge in [0.1, 0.15) is 12.3 Å². The van der Waals surface area contributed by atoms with E-state index in [0.29, 0.717) is 0 Å². The first-order valence-electron chi connectivity index (χ1n) is 15.8. The third-order valence-corrected chi connectivity index (χ3v) is 10.6. The second-order valence-corrected chi connectivity index (χ2v) is 12.2. The maximum absolute atomic E-state index is 5.53. The molecule has 1 aromatic heterocycles. The largest absolute Gasteiger partial charge is 0.335 e. The van der Waals surface area contributed by atoms with E-state index in [1.165, 1.54) is 16.8 Å². The highest BCUT2D eigenvalue weighted by molar-refractivity contribution is 6.15. The Balaban J connectivity index is 1.54. The van der Waals surface area contributed by atoms with E-state index in [1.54, 1.807) is 6.20 Å². The van der Waals surface area contributed by atoms with E-state index in [4.69, 9.17) is 15.1 Å². The van der Waals surface area contributed by atoms with E-state index in [2.05, 4.69) is 133 Å². The number of fused-ring (bicyclic) bond motifs is 11. The zero-order valence-electron chi connectivity index (χ0n) is 26.0. The lowest BCUT2D eigenvalue weighted by molar-refractivity contribution is 0.125.